The first-order chi connectivity index (χ1) is 10.5. The number of halogens is 1. The molecule has 0 amide bonds. The highest BCUT2D eigenvalue weighted by atomic mass is 79.9. The van der Waals surface area contributed by atoms with Crippen LogP contribution in [-0.4, -0.2) is 5.11 Å². The molecule has 0 aliphatic carbocycles. The van der Waals surface area contributed by atoms with E-state index >= 15 is 0 Å². The van der Waals surface area contributed by atoms with Crippen molar-refractivity contribution in [1.82, 2.24) is 0 Å². The third kappa shape index (κ3) is 2.71. The second-order valence-electron chi connectivity index (χ2n) is 5.49. The van der Waals surface area contributed by atoms with Crippen LogP contribution in [0.1, 0.15) is 40.1 Å². The number of phenolic OH excluding ortho intramolecular Hbond substituents is 1. The molecular formula is C18H17BrO3. The Morgan fingerprint density at radius 2 is 1.45 bits per heavy atom. The van der Waals surface area contributed by atoms with Crippen molar-refractivity contribution in [2.75, 3.05) is 0 Å². The van der Waals surface area contributed by atoms with Crippen molar-refractivity contribution in [3.05, 3.63) is 75.0 Å². The van der Waals surface area contributed by atoms with Gasteiger partial charge in [-0.25, -0.2) is 0 Å². The van der Waals surface area contributed by atoms with Gasteiger partial charge in [-0.3, -0.25) is 0 Å². The normalized spacial score (nSPS) is 11.3. The highest BCUT2D eigenvalue weighted by Crippen LogP contribution is 2.40. The molecule has 2 aromatic heterocycles. The molecular weight excluding hydrogens is 344 g/mol. The standard InChI is InChI=1S/C18H17BrO3/c1-10-8-13(19)9-14(18(10)20)17(15-6-4-11(2)21-15)16-7-5-12(3)22-16/h4-9,17,20H,1-3H3. The molecule has 0 fully saturated rings. The van der Waals surface area contributed by atoms with Crippen molar-refractivity contribution in [3.8, 4) is 5.75 Å². The summed E-state index contributed by atoms with van der Waals surface area (Å²) in [6.07, 6.45) is 0. The number of aryl methyl sites for hydroxylation is 3. The molecule has 0 spiro atoms. The smallest absolute Gasteiger partial charge is 0.122 e. The number of rotatable bonds is 3. The Hall–Kier alpha value is -1.94. The zero-order valence-electron chi connectivity index (χ0n) is 12.7. The molecule has 1 aromatic carbocycles. The van der Waals surface area contributed by atoms with E-state index in [4.69, 9.17) is 8.83 Å². The van der Waals surface area contributed by atoms with Crippen LogP contribution in [0.15, 0.2) is 49.7 Å². The molecule has 0 saturated carbocycles. The summed E-state index contributed by atoms with van der Waals surface area (Å²) in [6, 6.07) is 11.5. The largest absolute Gasteiger partial charge is 0.507 e. The lowest BCUT2D eigenvalue weighted by atomic mass is 9.92. The van der Waals surface area contributed by atoms with Crippen LogP contribution in [0.4, 0.5) is 0 Å². The van der Waals surface area contributed by atoms with Gasteiger partial charge in [0.1, 0.15) is 34.7 Å². The Kier molecular flexibility index (Phi) is 3.87. The van der Waals surface area contributed by atoms with Crippen LogP contribution in [0.2, 0.25) is 0 Å². The molecule has 114 valence electrons. The number of aromatic hydroxyl groups is 1. The van der Waals surface area contributed by atoms with Gasteiger partial charge < -0.3 is 13.9 Å². The van der Waals surface area contributed by atoms with Crippen LogP contribution >= 0.6 is 15.9 Å². The predicted molar refractivity (Wildman–Crippen MR) is 88.4 cm³/mol. The molecule has 0 unspecified atom stereocenters. The first kappa shape index (κ1) is 15.0. The fraction of sp³-hybridized carbons (Fsp3) is 0.222. The van der Waals surface area contributed by atoms with Gasteiger partial charge in [0.15, 0.2) is 0 Å². The summed E-state index contributed by atoms with van der Waals surface area (Å²) in [5, 5.41) is 10.5. The van der Waals surface area contributed by atoms with Crippen LogP contribution in [0, 0.1) is 20.8 Å². The number of hydrogen-bond donors (Lipinski definition) is 1. The molecule has 2 heterocycles. The average Bonchev–Trinajstić information content (AvgIpc) is 3.05. The van der Waals surface area contributed by atoms with E-state index in [1.54, 1.807) is 0 Å². The third-order valence-corrected chi connectivity index (χ3v) is 4.15. The zero-order chi connectivity index (χ0) is 15.9. The molecule has 4 heteroatoms. The molecule has 1 N–H and O–H groups in total. The second-order valence-corrected chi connectivity index (χ2v) is 6.41. The predicted octanol–water partition coefficient (Wildman–Crippen LogP) is 5.45. The van der Waals surface area contributed by atoms with Gasteiger partial charge in [-0.1, -0.05) is 15.9 Å². The van der Waals surface area contributed by atoms with E-state index < -0.39 is 0 Å². The van der Waals surface area contributed by atoms with Crippen molar-refractivity contribution in [1.29, 1.82) is 0 Å². The fourth-order valence-corrected chi connectivity index (χ4v) is 3.24. The van der Waals surface area contributed by atoms with Gasteiger partial charge in [-0.15, -0.1) is 0 Å². The maximum Gasteiger partial charge on any atom is 0.122 e. The minimum absolute atomic E-state index is 0.260. The van der Waals surface area contributed by atoms with Crippen LogP contribution in [0.25, 0.3) is 0 Å². The molecule has 0 aliphatic heterocycles. The van der Waals surface area contributed by atoms with Gasteiger partial charge >= 0.3 is 0 Å². The summed E-state index contributed by atoms with van der Waals surface area (Å²) < 4.78 is 12.5. The monoisotopic (exact) mass is 360 g/mol. The molecule has 0 bridgehead atoms. The van der Waals surface area contributed by atoms with Gasteiger partial charge in [-0.2, -0.15) is 0 Å². The Morgan fingerprint density at radius 3 is 1.91 bits per heavy atom. The van der Waals surface area contributed by atoms with Gasteiger partial charge in [0, 0.05) is 10.0 Å². The SMILES string of the molecule is Cc1ccc(C(c2ccc(C)o2)c2cc(Br)cc(C)c2O)o1. The lowest BCUT2D eigenvalue weighted by molar-refractivity contribution is 0.413. The lowest BCUT2D eigenvalue weighted by Gasteiger charge is -2.16. The van der Waals surface area contributed by atoms with Gasteiger partial charge in [0.2, 0.25) is 0 Å². The molecule has 0 saturated heterocycles. The van der Waals surface area contributed by atoms with Gasteiger partial charge in [0.05, 0.1) is 0 Å². The van der Waals surface area contributed by atoms with Crippen molar-refractivity contribution in [2.45, 2.75) is 26.7 Å². The Balaban J connectivity index is 2.22. The molecule has 0 aliphatic rings. The number of phenols is 1. The fourth-order valence-electron chi connectivity index (χ4n) is 2.65. The molecule has 22 heavy (non-hydrogen) atoms. The van der Waals surface area contributed by atoms with E-state index in [9.17, 15) is 5.11 Å². The first-order valence-corrected chi connectivity index (χ1v) is 7.86. The Morgan fingerprint density at radius 1 is 0.909 bits per heavy atom. The maximum atomic E-state index is 10.5. The Bertz CT molecular complexity index is 773. The van der Waals surface area contributed by atoms with E-state index in [1.807, 2.05) is 57.2 Å². The second kappa shape index (κ2) is 5.69. The van der Waals surface area contributed by atoms with Crippen LogP contribution in [-0.2, 0) is 0 Å². The van der Waals surface area contributed by atoms with E-state index in [1.165, 1.54) is 0 Å². The summed E-state index contributed by atoms with van der Waals surface area (Å²) in [7, 11) is 0. The van der Waals surface area contributed by atoms with Crippen molar-refractivity contribution in [3.63, 3.8) is 0 Å². The van der Waals surface area contributed by atoms with E-state index in [0.717, 1.165) is 38.6 Å². The average molecular weight is 361 g/mol. The number of hydrogen-bond acceptors (Lipinski definition) is 3. The van der Waals surface area contributed by atoms with E-state index in [2.05, 4.69) is 15.9 Å². The number of benzene rings is 1. The Labute approximate surface area is 137 Å². The molecule has 3 rings (SSSR count). The summed E-state index contributed by atoms with van der Waals surface area (Å²) in [5.41, 5.74) is 1.57. The van der Waals surface area contributed by atoms with E-state index in [-0.39, 0.29) is 11.7 Å². The van der Waals surface area contributed by atoms with Crippen molar-refractivity contribution in [2.24, 2.45) is 0 Å². The van der Waals surface area contributed by atoms with Gasteiger partial charge in [0.25, 0.3) is 0 Å². The highest BCUT2D eigenvalue weighted by Gasteiger charge is 2.27. The van der Waals surface area contributed by atoms with Crippen molar-refractivity contribution < 1.29 is 13.9 Å². The van der Waals surface area contributed by atoms with Gasteiger partial charge in [-0.05, 0) is 62.7 Å². The third-order valence-electron chi connectivity index (χ3n) is 3.70. The summed E-state index contributed by atoms with van der Waals surface area (Å²) in [4.78, 5) is 0. The van der Waals surface area contributed by atoms with Crippen LogP contribution < -0.4 is 0 Å². The van der Waals surface area contributed by atoms with Crippen LogP contribution in [0.5, 0.6) is 5.75 Å². The zero-order valence-corrected chi connectivity index (χ0v) is 14.3. The van der Waals surface area contributed by atoms with Crippen molar-refractivity contribution >= 4 is 15.9 Å². The molecule has 3 aromatic rings. The first-order valence-electron chi connectivity index (χ1n) is 7.07. The lowest BCUT2D eigenvalue weighted by Crippen LogP contribution is -2.02. The highest BCUT2D eigenvalue weighted by molar-refractivity contribution is 9.10. The minimum atomic E-state index is -0.279. The minimum Gasteiger partial charge on any atom is -0.507 e. The summed E-state index contributed by atoms with van der Waals surface area (Å²) in [5.74, 6) is 3.14. The molecule has 0 atom stereocenters. The maximum absolute atomic E-state index is 10.5. The quantitative estimate of drug-likeness (QED) is 0.675. The molecule has 0 radical (unpaired) electrons. The summed E-state index contributed by atoms with van der Waals surface area (Å²) >= 11 is 3.50. The van der Waals surface area contributed by atoms with Crippen LogP contribution in [0.3, 0.4) is 0 Å². The summed E-state index contributed by atoms with van der Waals surface area (Å²) in [6.45, 7) is 5.68. The molecule has 3 nitrogen and oxygen atoms in total. The number of furan rings is 2. The van der Waals surface area contributed by atoms with E-state index in [0.29, 0.717) is 0 Å². The topological polar surface area (TPSA) is 46.5 Å².